The second-order valence-corrected chi connectivity index (χ2v) is 5.21. The molecule has 0 spiro atoms. The third kappa shape index (κ3) is 4.53. The van der Waals surface area contributed by atoms with E-state index in [1.165, 1.54) is 0 Å². The van der Waals surface area contributed by atoms with E-state index in [1.807, 2.05) is 48.5 Å². The van der Waals surface area contributed by atoms with Crippen molar-refractivity contribution in [3.8, 4) is 23.3 Å². The Balaban J connectivity index is 2.27. The first-order chi connectivity index (χ1) is 11.7. The van der Waals surface area contributed by atoms with E-state index < -0.39 is 0 Å². The molecule has 0 heterocycles. The standard InChI is InChI=1S/C20H21NO3/c1-4-8-20(22)21-17(16-9-6-5-7-10-16)13-15-11-12-18(23-2)19(14-15)24-3/h5-7,9-12,14,17H,13H2,1-3H3,(H,21,22)/t17-/m0/s1. The van der Waals surface area contributed by atoms with Crippen molar-refractivity contribution < 1.29 is 14.3 Å². The van der Waals surface area contributed by atoms with E-state index in [4.69, 9.17) is 9.47 Å². The molecule has 0 saturated heterocycles. The zero-order valence-corrected chi connectivity index (χ0v) is 14.1. The van der Waals surface area contributed by atoms with Crippen molar-refractivity contribution in [3.05, 3.63) is 59.7 Å². The summed E-state index contributed by atoms with van der Waals surface area (Å²) < 4.78 is 10.6. The molecule has 0 bridgehead atoms. The molecule has 4 nitrogen and oxygen atoms in total. The van der Waals surface area contributed by atoms with E-state index in [2.05, 4.69) is 17.2 Å². The number of rotatable bonds is 6. The van der Waals surface area contributed by atoms with Gasteiger partial charge in [-0.05, 0) is 42.5 Å². The van der Waals surface area contributed by atoms with Crippen LogP contribution in [0.5, 0.6) is 11.5 Å². The molecule has 124 valence electrons. The molecule has 4 heteroatoms. The fourth-order valence-corrected chi connectivity index (χ4v) is 2.49. The summed E-state index contributed by atoms with van der Waals surface area (Å²) in [5, 5.41) is 2.96. The molecule has 2 aromatic rings. The van der Waals surface area contributed by atoms with Gasteiger partial charge in [0, 0.05) is 0 Å². The summed E-state index contributed by atoms with van der Waals surface area (Å²) >= 11 is 0. The van der Waals surface area contributed by atoms with Crippen molar-refractivity contribution in [1.29, 1.82) is 0 Å². The lowest BCUT2D eigenvalue weighted by molar-refractivity contribution is -0.116. The maximum Gasteiger partial charge on any atom is 0.296 e. The van der Waals surface area contributed by atoms with E-state index in [0.717, 1.165) is 11.1 Å². The van der Waals surface area contributed by atoms with Gasteiger partial charge in [-0.2, -0.15) is 0 Å². The Bertz CT molecular complexity index is 744. The number of ether oxygens (including phenoxy) is 2. The van der Waals surface area contributed by atoms with E-state index in [0.29, 0.717) is 17.9 Å². The molecule has 0 fully saturated rings. The first kappa shape index (κ1) is 17.4. The summed E-state index contributed by atoms with van der Waals surface area (Å²) in [6.07, 6.45) is 0.626. The van der Waals surface area contributed by atoms with Crippen LogP contribution in [0, 0.1) is 11.8 Å². The number of hydrogen-bond acceptors (Lipinski definition) is 3. The highest BCUT2D eigenvalue weighted by Crippen LogP contribution is 2.29. The van der Waals surface area contributed by atoms with Crippen LogP contribution in [0.2, 0.25) is 0 Å². The molecule has 1 amide bonds. The molecular weight excluding hydrogens is 302 g/mol. The van der Waals surface area contributed by atoms with E-state index in [9.17, 15) is 4.79 Å². The van der Waals surface area contributed by atoms with Gasteiger partial charge in [-0.25, -0.2) is 0 Å². The predicted octanol–water partition coefficient (Wildman–Crippen LogP) is 3.13. The molecule has 1 atom stereocenters. The van der Waals surface area contributed by atoms with Crippen molar-refractivity contribution in [1.82, 2.24) is 5.32 Å². The van der Waals surface area contributed by atoms with E-state index in [-0.39, 0.29) is 11.9 Å². The number of methoxy groups -OCH3 is 2. The Kier molecular flexibility index (Phi) is 6.27. The second-order valence-electron chi connectivity index (χ2n) is 5.21. The van der Waals surface area contributed by atoms with E-state index >= 15 is 0 Å². The lowest BCUT2D eigenvalue weighted by Gasteiger charge is -2.19. The van der Waals surface area contributed by atoms with Crippen LogP contribution in [-0.2, 0) is 11.2 Å². The predicted molar refractivity (Wildman–Crippen MR) is 94.0 cm³/mol. The Morgan fingerprint density at radius 1 is 1.08 bits per heavy atom. The number of carbonyl (C=O) groups is 1. The topological polar surface area (TPSA) is 47.6 Å². The molecule has 0 unspecified atom stereocenters. The second kappa shape index (κ2) is 8.64. The monoisotopic (exact) mass is 323 g/mol. The average Bonchev–Trinajstić information content (AvgIpc) is 2.62. The molecule has 2 aromatic carbocycles. The van der Waals surface area contributed by atoms with Crippen molar-refractivity contribution in [2.24, 2.45) is 0 Å². The third-order valence-electron chi connectivity index (χ3n) is 3.63. The number of hydrogen-bond donors (Lipinski definition) is 1. The molecule has 0 aliphatic carbocycles. The Hall–Kier alpha value is -2.93. The van der Waals surface area contributed by atoms with Gasteiger partial charge >= 0.3 is 0 Å². The van der Waals surface area contributed by atoms with Crippen molar-refractivity contribution >= 4 is 5.91 Å². The van der Waals surface area contributed by atoms with Crippen LogP contribution in [0.3, 0.4) is 0 Å². The van der Waals surface area contributed by atoms with Gasteiger partial charge < -0.3 is 14.8 Å². The average molecular weight is 323 g/mol. The van der Waals surface area contributed by atoms with Gasteiger partial charge in [0.2, 0.25) is 0 Å². The van der Waals surface area contributed by atoms with Crippen molar-refractivity contribution in [2.45, 2.75) is 19.4 Å². The lowest BCUT2D eigenvalue weighted by Crippen LogP contribution is -2.28. The van der Waals surface area contributed by atoms with Crippen molar-refractivity contribution in [3.63, 3.8) is 0 Å². The Labute approximate surface area is 142 Å². The Morgan fingerprint density at radius 2 is 1.79 bits per heavy atom. The maximum absolute atomic E-state index is 11.9. The zero-order valence-electron chi connectivity index (χ0n) is 14.1. The molecule has 24 heavy (non-hydrogen) atoms. The summed E-state index contributed by atoms with van der Waals surface area (Å²) in [7, 11) is 3.21. The molecule has 2 rings (SSSR count). The lowest BCUT2D eigenvalue weighted by atomic mass is 9.98. The minimum absolute atomic E-state index is 0.169. The summed E-state index contributed by atoms with van der Waals surface area (Å²) in [6.45, 7) is 1.64. The molecule has 0 aliphatic heterocycles. The first-order valence-electron chi connectivity index (χ1n) is 7.67. The normalized spacial score (nSPS) is 11.0. The van der Waals surface area contributed by atoms with Gasteiger partial charge in [0.1, 0.15) is 0 Å². The number of benzene rings is 2. The summed E-state index contributed by atoms with van der Waals surface area (Å²) in [5.41, 5.74) is 2.06. The maximum atomic E-state index is 11.9. The van der Waals surface area contributed by atoms with Crippen LogP contribution in [0.15, 0.2) is 48.5 Å². The highest BCUT2D eigenvalue weighted by Gasteiger charge is 2.15. The van der Waals surface area contributed by atoms with Crippen LogP contribution >= 0.6 is 0 Å². The molecular formula is C20H21NO3. The number of amides is 1. The molecule has 0 radical (unpaired) electrons. The van der Waals surface area contributed by atoms with Gasteiger partial charge in [-0.15, -0.1) is 0 Å². The molecule has 1 N–H and O–H groups in total. The largest absolute Gasteiger partial charge is 0.493 e. The highest BCUT2D eigenvalue weighted by molar-refractivity contribution is 5.93. The first-order valence-corrected chi connectivity index (χ1v) is 7.67. The fourth-order valence-electron chi connectivity index (χ4n) is 2.49. The third-order valence-corrected chi connectivity index (χ3v) is 3.63. The van der Waals surface area contributed by atoms with Gasteiger partial charge in [0.15, 0.2) is 11.5 Å². The molecule has 0 saturated carbocycles. The minimum atomic E-state index is -0.285. The van der Waals surface area contributed by atoms with Crippen LogP contribution < -0.4 is 14.8 Å². The quantitative estimate of drug-likeness (QED) is 0.831. The SMILES string of the molecule is CC#CC(=O)N[C@@H](Cc1ccc(OC)c(OC)c1)c1ccccc1. The number of nitrogens with one attached hydrogen (secondary N) is 1. The van der Waals surface area contributed by atoms with Crippen molar-refractivity contribution in [2.75, 3.05) is 14.2 Å². The fraction of sp³-hybridized carbons (Fsp3) is 0.250. The highest BCUT2D eigenvalue weighted by atomic mass is 16.5. The minimum Gasteiger partial charge on any atom is -0.493 e. The van der Waals surface area contributed by atoms with Gasteiger partial charge in [-0.3, -0.25) is 4.79 Å². The zero-order chi connectivity index (χ0) is 17.4. The van der Waals surface area contributed by atoms with E-state index in [1.54, 1.807) is 21.1 Å². The van der Waals surface area contributed by atoms with Gasteiger partial charge in [0.25, 0.3) is 5.91 Å². The van der Waals surface area contributed by atoms with Crippen LogP contribution in [0.4, 0.5) is 0 Å². The van der Waals surface area contributed by atoms with Crippen LogP contribution in [-0.4, -0.2) is 20.1 Å². The smallest absolute Gasteiger partial charge is 0.296 e. The summed E-state index contributed by atoms with van der Waals surface area (Å²) in [4.78, 5) is 11.9. The summed E-state index contributed by atoms with van der Waals surface area (Å²) in [6, 6.07) is 15.4. The van der Waals surface area contributed by atoms with Crippen LogP contribution in [0.25, 0.3) is 0 Å². The summed E-state index contributed by atoms with van der Waals surface area (Å²) in [5.74, 6) is 6.21. The number of carbonyl (C=O) groups excluding carboxylic acids is 1. The van der Waals surface area contributed by atoms with Gasteiger partial charge in [0.05, 0.1) is 20.3 Å². The van der Waals surface area contributed by atoms with Crippen LogP contribution in [0.1, 0.15) is 24.1 Å². The molecule has 0 aliphatic rings. The Morgan fingerprint density at radius 3 is 2.42 bits per heavy atom. The molecule has 0 aromatic heterocycles. The van der Waals surface area contributed by atoms with Gasteiger partial charge in [-0.1, -0.05) is 42.3 Å².